The molecule has 1 atom stereocenters. The number of halogens is 1. The molecule has 0 radical (unpaired) electrons. The second-order valence-electron chi connectivity index (χ2n) is 3.60. The van der Waals surface area contributed by atoms with Gasteiger partial charge in [0.15, 0.2) is 0 Å². The monoisotopic (exact) mass is 275 g/mol. The zero-order chi connectivity index (χ0) is 11.4. The maximum absolute atomic E-state index is 5.20. The number of ether oxygens (including phenoxy) is 1. The minimum atomic E-state index is 0.241. The van der Waals surface area contributed by atoms with Crippen LogP contribution < -0.4 is 5.32 Å². The molecule has 0 amide bonds. The molecule has 15 heavy (non-hydrogen) atoms. The Morgan fingerprint density at radius 3 is 2.60 bits per heavy atom. The number of hydrogen-bond acceptors (Lipinski definition) is 3. The summed E-state index contributed by atoms with van der Waals surface area (Å²) in [6.07, 6.45) is 0. The number of methoxy groups -OCH3 is 1. The molecule has 4 nitrogen and oxygen atoms in total. The van der Waals surface area contributed by atoms with Gasteiger partial charge in [-0.15, -0.1) is 0 Å². The lowest BCUT2D eigenvalue weighted by Crippen LogP contribution is -2.27. The minimum Gasteiger partial charge on any atom is -0.382 e. The predicted octanol–water partition coefficient (Wildman–Crippen LogP) is 1.67. The van der Waals surface area contributed by atoms with E-state index in [2.05, 4.69) is 33.3 Å². The molecule has 1 unspecified atom stereocenters. The average Bonchev–Trinajstić information content (AvgIpc) is 2.46. The van der Waals surface area contributed by atoms with E-state index < -0.39 is 0 Å². The smallest absolute Gasteiger partial charge is 0.0879 e. The SMILES string of the molecule is CNCC(COC)n1nc(C)c(Br)c1C. The standard InChI is InChI=1S/C10H18BrN3O/c1-7-10(11)8(2)14(13-7)9(5-12-3)6-15-4/h9,12H,5-6H2,1-4H3. The molecule has 0 spiro atoms. The number of nitrogens with one attached hydrogen (secondary N) is 1. The van der Waals surface area contributed by atoms with Crippen LogP contribution in [0.5, 0.6) is 0 Å². The summed E-state index contributed by atoms with van der Waals surface area (Å²) in [6, 6.07) is 0.241. The van der Waals surface area contributed by atoms with Crippen molar-refractivity contribution < 1.29 is 4.74 Å². The molecule has 1 rings (SSSR count). The van der Waals surface area contributed by atoms with Crippen molar-refractivity contribution >= 4 is 15.9 Å². The summed E-state index contributed by atoms with van der Waals surface area (Å²) in [5, 5.41) is 7.65. The average molecular weight is 276 g/mol. The maximum atomic E-state index is 5.20. The summed E-state index contributed by atoms with van der Waals surface area (Å²) in [6.45, 7) is 5.57. The summed E-state index contributed by atoms with van der Waals surface area (Å²) in [7, 11) is 3.65. The lowest BCUT2D eigenvalue weighted by Gasteiger charge is -2.17. The van der Waals surface area contributed by atoms with Crippen LogP contribution in [0, 0.1) is 13.8 Å². The van der Waals surface area contributed by atoms with Crippen molar-refractivity contribution in [3.05, 3.63) is 15.9 Å². The highest BCUT2D eigenvalue weighted by Crippen LogP contribution is 2.22. The fourth-order valence-electron chi connectivity index (χ4n) is 1.64. The molecule has 86 valence electrons. The van der Waals surface area contributed by atoms with Crippen molar-refractivity contribution in [2.75, 3.05) is 27.3 Å². The number of aromatic nitrogens is 2. The molecule has 0 aromatic carbocycles. The Morgan fingerprint density at radius 1 is 1.53 bits per heavy atom. The van der Waals surface area contributed by atoms with Crippen LogP contribution in [0.3, 0.4) is 0 Å². The van der Waals surface area contributed by atoms with Crippen molar-refractivity contribution in [2.45, 2.75) is 19.9 Å². The van der Waals surface area contributed by atoms with Gasteiger partial charge < -0.3 is 10.1 Å². The number of nitrogens with zero attached hydrogens (tertiary/aromatic N) is 2. The normalized spacial score (nSPS) is 13.1. The van der Waals surface area contributed by atoms with E-state index in [0.29, 0.717) is 6.61 Å². The van der Waals surface area contributed by atoms with Crippen molar-refractivity contribution in [2.24, 2.45) is 0 Å². The largest absolute Gasteiger partial charge is 0.382 e. The Labute approximate surface area is 99.1 Å². The van der Waals surface area contributed by atoms with Crippen LogP contribution in [0.1, 0.15) is 17.4 Å². The molecule has 0 aliphatic heterocycles. The summed E-state index contributed by atoms with van der Waals surface area (Å²) in [5.41, 5.74) is 2.16. The number of likely N-dealkylation sites (N-methyl/N-ethyl adjacent to an activating group) is 1. The zero-order valence-electron chi connectivity index (χ0n) is 9.67. The van der Waals surface area contributed by atoms with Gasteiger partial charge in [-0.05, 0) is 36.8 Å². The molecule has 0 saturated heterocycles. The maximum Gasteiger partial charge on any atom is 0.0879 e. The van der Waals surface area contributed by atoms with Gasteiger partial charge in [0.2, 0.25) is 0 Å². The summed E-state index contributed by atoms with van der Waals surface area (Å²) >= 11 is 3.53. The quantitative estimate of drug-likeness (QED) is 0.889. The second-order valence-corrected chi connectivity index (χ2v) is 4.39. The summed E-state index contributed by atoms with van der Waals surface area (Å²) in [4.78, 5) is 0. The van der Waals surface area contributed by atoms with E-state index in [9.17, 15) is 0 Å². The number of aryl methyl sites for hydroxylation is 1. The van der Waals surface area contributed by atoms with Gasteiger partial charge in [0, 0.05) is 13.7 Å². The van der Waals surface area contributed by atoms with Gasteiger partial charge >= 0.3 is 0 Å². The van der Waals surface area contributed by atoms with Crippen LogP contribution in [0.15, 0.2) is 4.47 Å². The van der Waals surface area contributed by atoms with Gasteiger partial charge in [-0.1, -0.05) is 0 Å². The topological polar surface area (TPSA) is 39.1 Å². The van der Waals surface area contributed by atoms with Crippen molar-refractivity contribution in [1.29, 1.82) is 0 Å². The van der Waals surface area contributed by atoms with Crippen LogP contribution in [0.25, 0.3) is 0 Å². The first-order valence-electron chi connectivity index (χ1n) is 4.96. The highest BCUT2D eigenvalue weighted by molar-refractivity contribution is 9.10. The fraction of sp³-hybridized carbons (Fsp3) is 0.700. The summed E-state index contributed by atoms with van der Waals surface area (Å²) in [5.74, 6) is 0. The molecule has 0 aliphatic rings. The Morgan fingerprint density at radius 2 is 2.20 bits per heavy atom. The third kappa shape index (κ3) is 2.80. The van der Waals surface area contributed by atoms with E-state index in [1.165, 1.54) is 0 Å². The number of hydrogen-bond donors (Lipinski definition) is 1. The molecule has 5 heteroatoms. The van der Waals surface area contributed by atoms with Crippen LogP contribution in [-0.4, -0.2) is 37.1 Å². The summed E-state index contributed by atoms with van der Waals surface area (Å²) < 4.78 is 8.30. The highest BCUT2D eigenvalue weighted by Gasteiger charge is 2.16. The molecule has 0 bridgehead atoms. The van der Waals surface area contributed by atoms with Gasteiger partial charge in [0.25, 0.3) is 0 Å². The third-order valence-electron chi connectivity index (χ3n) is 2.38. The third-order valence-corrected chi connectivity index (χ3v) is 3.53. The molecule has 1 aromatic rings. The van der Waals surface area contributed by atoms with Crippen LogP contribution in [0.2, 0.25) is 0 Å². The van der Waals surface area contributed by atoms with Gasteiger partial charge in [-0.25, -0.2) is 0 Å². The lowest BCUT2D eigenvalue weighted by molar-refractivity contribution is 0.148. The lowest BCUT2D eigenvalue weighted by atomic mass is 10.3. The van der Waals surface area contributed by atoms with Crippen LogP contribution >= 0.6 is 15.9 Å². The first kappa shape index (κ1) is 12.7. The molecule has 1 N–H and O–H groups in total. The highest BCUT2D eigenvalue weighted by atomic mass is 79.9. The van der Waals surface area contributed by atoms with Gasteiger partial charge in [0.05, 0.1) is 28.5 Å². The molecule has 1 aromatic heterocycles. The zero-order valence-corrected chi connectivity index (χ0v) is 11.3. The fourth-order valence-corrected chi connectivity index (χ4v) is 1.90. The molecular formula is C10H18BrN3O. The predicted molar refractivity (Wildman–Crippen MR) is 64.2 cm³/mol. The molecule has 0 fully saturated rings. The Hall–Kier alpha value is -0.390. The Kier molecular flexibility index (Phi) is 4.76. The van der Waals surface area contributed by atoms with Crippen molar-refractivity contribution in [3.63, 3.8) is 0 Å². The van der Waals surface area contributed by atoms with Crippen LogP contribution in [0.4, 0.5) is 0 Å². The molecule has 0 aliphatic carbocycles. The van der Waals surface area contributed by atoms with Gasteiger partial charge in [0.1, 0.15) is 0 Å². The van der Waals surface area contributed by atoms with E-state index in [0.717, 1.165) is 22.4 Å². The molecule has 0 saturated carbocycles. The van der Waals surface area contributed by atoms with E-state index >= 15 is 0 Å². The number of rotatable bonds is 5. The minimum absolute atomic E-state index is 0.241. The first-order chi connectivity index (χ1) is 7.11. The first-order valence-corrected chi connectivity index (χ1v) is 5.75. The Bertz CT molecular complexity index is 319. The van der Waals surface area contributed by atoms with Crippen molar-refractivity contribution in [1.82, 2.24) is 15.1 Å². The van der Waals surface area contributed by atoms with Gasteiger partial charge in [-0.3, -0.25) is 4.68 Å². The van der Waals surface area contributed by atoms with E-state index in [1.807, 2.05) is 18.7 Å². The van der Waals surface area contributed by atoms with E-state index in [-0.39, 0.29) is 6.04 Å². The van der Waals surface area contributed by atoms with E-state index in [1.54, 1.807) is 7.11 Å². The van der Waals surface area contributed by atoms with Gasteiger partial charge in [-0.2, -0.15) is 5.10 Å². The van der Waals surface area contributed by atoms with Crippen LogP contribution in [-0.2, 0) is 4.74 Å². The molecular weight excluding hydrogens is 258 g/mol. The van der Waals surface area contributed by atoms with Crippen molar-refractivity contribution in [3.8, 4) is 0 Å². The van der Waals surface area contributed by atoms with E-state index in [4.69, 9.17) is 4.74 Å². The Balaban J connectivity index is 2.94. The second kappa shape index (κ2) is 5.63. The molecule has 1 heterocycles.